The molecule has 2 rings (SSSR count). The SMILES string of the molecule is CCOC(=O)c1sc(C(=NNc2ccccc2F)C(N)=O)nc1C. The van der Waals surface area contributed by atoms with Crippen LogP contribution in [0.1, 0.15) is 27.3 Å². The normalized spacial score (nSPS) is 11.2. The van der Waals surface area contributed by atoms with Crippen molar-refractivity contribution in [1.29, 1.82) is 0 Å². The van der Waals surface area contributed by atoms with Crippen LogP contribution in [-0.2, 0) is 9.53 Å². The molecule has 0 saturated heterocycles. The summed E-state index contributed by atoms with van der Waals surface area (Å²) in [5.74, 6) is -1.93. The highest BCUT2D eigenvalue weighted by Gasteiger charge is 2.22. The molecule has 0 aliphatic rings. The van der Waals surface area contributed by atoms with E-state index < -0.39 is 17.7 Å². The van der Waals surface area contributed by atoms with Crippen molar-refractivity contribution in [2.75, 3.05) is 12.0 Å². The summed E-state index contributed by atoms with van der Waals surface area (Å²) < 4.78 is 18.5. The van der Waals surface area contributed by atoms with E-state index in [2.05, 4.69) is 15.5 Å². The maximum atomic E-state index is 13.6. The minimum atomic E-state index is -0.858. The zero-order valence-corrected chi connectivity index (χ0v) is 13.8. The van der Waals surface area contributed by atoms with E-state index in [0.717, 1.165) is 11.3 Å². The van der Waals surface area contributed by atoms with Gasteiger partial charge in [0.2, 0.25) is 0 Å². The van der Waals surface area contributed by atoms with Gasteiger partial charge in [0.1, 0.15) is 15.7 Å². The number of nitrogens with two attached hydrogens (primary N) is 1. The van der Waals surface area contributed by atoms with Crippen LogP contribution in [0.15, 0.2) is 29.4 Å². The van der Waals surface area contributed by atoms with Crippen molar-refractivity contribution in [3.8, 4) is 0 Å². The van der Waals surface area contributed by atoms with Gasteiger partial charge >= 0.3 is 5.97 Å². The van der Waals surface area contributed by atoms with Gasteiger partial charge in [0, 0.05) is 0 Å². The number of nitrogens with one attached hydrogen (secondary N) is 1. The number of para-hydroxylation sites is 1. The van der Waals surface area contributed by atoms with E-state index in [1.807, 2.05) is 0 Å². The first-order valence-electron chi connectivity index (χ1n) is 6.97. The molecule has 0 saturated carbocycles. The molecule has 9 heteroatoms. The van der Waals surface area contributed by atoms with Crippen molar-refractivity contribution >= 4 is 34.6 Å². The maximum absolute atomic E-state index is 13.6. The molecule has 1 aromatic heterocycles. The molecule has 0 bridgehead atoms. The molecular formula is C15H15FN4O3S. The second kappa shape index (κ2) is 7.64. The van der Waals surface area contributed by atoms with Gasteiger partial charge < -0.3 is 10.5 Å². The summed E-state index contributed by atoms with van der Waals surface area (Å²) in [6, 6.07) is 5.83. The van der Waals surface area contributed by atoms with Gasteiger partial charge in [-0.15, -0.1) is 11.3 Å². The maximum Gasteiger partial charge on any atom is 0.350 e. The van der Waals surface area contributed by atoms with Gasteiger partial charge in [-0.2, -0.15) is 5.10 Å². The van der Waals surface area contributed by atoms with Crippen LogP contribution >= 0.6 is 11.3 Å². The standard InChI is InChI=1S/C15H15FN4O3S/c1-3-23-15(22)12-8(2)18-14(24-12)11(13(17)21)20-19-10-7-5-4-6-9(10)16/h4-7,19H,3H2,1-2H3,(H2,17,21). The number of hydrogen-bond donors (Lipinski definition) is 2. The Morgan fingerprint density at radius 3 is 2.75 bits per heavy atom. The minimum Gasteiger partial charge on any atom is -0.462 e. The molecule has 0 spiro atoms. The number of anilines is 1. The zero-order valence-electron chi connectivity index (χ0n) is 13.0. The molecular weight excluding hydrogens is 335 g/mol. The Bertz CT molecular complexity index is 804. The first-order valence-corrected chi connectivity index (χ1v) is 7.78. The summed E-state index contributed by atoms with van der Waals surface area (Å²) in [7, 11) is 0. The third kappa shape index (κ3) is 3.93. The Morgan fingerprint density at radius 1 is 1.42 bits per heavy atom. The van der Waals surface area contributed by atoms with Crippen LogP contribution in [0.5, 0.6) is 0 Å². The molecule has 2 aromatic rings. The number of nitrogens with zero attached hydrogens (tertiary/aromatic N) is 2. The lowest BCUT2D eigenvalue weighted by Crippen LogP contribution is -2.25. The van der Waals surface area contributed by atoms with Crippen molar-refractivity contribution < 1.29 is 18.7 Å². The van der Waals surface area contributed by atoms with E-state index in [4.69, 9.17) is 10.5 Å². The van der Waals surface area contributed by atoms with E-state index in [9.17, 15) is 14.0 Å². The lowest BCUT2D eigenvalue weighted by atomic mass is 10.3. The molecule has 0 radical (unpaired) electrons. The summed E-state index contributed by atoms with van der Waals surface area (Å²) in [5, 5.41) is 3.98. The minimum absolute atomic E-state index is 0.0788. The number of hydrogen-bond acceptors (Lipinski definition) is 7. The molecule has 0 aliphatic heterocycles. The van der Waals surface area contributed by atoms with Crippen molar-refractivity contribution in [2.24, 2.45) is 10.8 Å². The lowest BCUT2D eigenvalue weighted by Gasteiger charge is -2.03. The van der Waals surface area contributed by atoms with Gasteiger partial charge in [-0.3, -0.25) is 10.2 Å². The number of rotatable bonds is 6. The summed E-state index contributed by atoms with van der Waals surface area (Å²) in [6.07, 6.45) is 0. The lowest BCUT2D eigenvalue weighted by molar-refractivity contribution is -0.111. The number of primary amides is 1. The number of aryl methyl sites for hydroxylation is 1. The molecule has 0 unspecified atom stereocenters. The quantitative estimate of drug-likeness (QED) is 0.471. The fourth-order valence-corrected chi connectivity index (χ4v) is 2.71. The number of ether oxygens (including phenoxy) is 1. The largest absolute Gasteiger partial charge is 0.462 e. The van der Waals surface area contributed by atoms with Crippen LogP contribution in [0.2, 0.25) is 0 Å². The average Bonchev–Trinajstić information content (AvgIpc) is 2.91. The number of amides is 1. The van der Waals surface area contributed by atoms with Gasteiger partial charge in [0.15, 0.2) is 5.71 Å². The second-order valence-electron chi connectivity index (χ2n) is 4.57. The van der Waals surface area contributed by atoms with Crippen LogP contribution < -0.4 is 11.2 Å². The number of aromatic nitrogens is 1. The van der Waals surface area contributed by atoms with Crippen LogP contribution in [-0.4, -0.2) is 29.2 Å². The first kappa shape index (κ1) is 17.5. The molecule has 7 nitrogen and oxygen atoms in total. The predicted molar refractivity (Wildman–Crippen MR) is 88.6 cm³/mol. The third-order valence-electron chi connectivity index (χ3n) is 2.86. The highest BCUT2D eigenvalue weighted by atomic mass is 32.1. The number of carbonyl (C=O) groups is 2. The molecule has 3 N–H and O–H groups in total. The van der Waals surface area contributed by atoms with Crippen LogP contribution in [0, 0.1) is 12.7 Å². The molecule has 1 heterocycles. The van der Waals surface area contributed by atoms with Crippen LogP contribution in [0.25, 0.3) is 0 Å². The van der Waals surface area contributed by atoms with Gasteiger partial charge in [0.25, 0.3) is 5.91 Å². The number of benzene rings is 1. The van der Waals surface area contributed by atoms with Crippen molar-refractivity contribution in [1.82, 2.24) is 4.98 Å². The monoisotopic (exact) mass is 350 g/mol. The van der Waals surface area contributed by atoms with Crippen molar-refractivity contribution in [3.05, 3.63) is 45.7 Å². The fourth-order valence-electron chi connectivity index (χ4n) is 1.76. The van der Waals surface area contributed by atoms with E-state index in [1.165, 1.54) is 18.2 Å². The summed E-state index contributed by atoms with van der Waals surface area (Å²) in [6.45, 7) is 3.51. The molecule has 126 valence electrons. The second-order valence-corrected chi connectivity index (χ2v) is 5.57. The number of halogens is 1. The Kier molecular flexibility index (Phi) is 5.59. The highest BCUT2D eigenvalue weighted by Crippen LogP contribution is 2.20. The molecule has 24 heavy (non-hydrogen) atoms. The fraction of sp³-hybridized carbons (Fsp3) is 0.200. The Labute approximate surface area is 141 Å². The van der Waals surface area contributed by atoms with E-state index in [0.29, 0.717) is 5.69 Å². The number of thiazole rings is 1. The summed E-state index contributed by atoms with van der Waals surface area (Å²) in [5.41, 5.74) is 8.02. The molecule has 0 aliphatic carbocycles. The van der Waals surface area contributed by atoms with Crippen LogP contribution in [0.4, 0.5) is 10.1 Å². The number of hydrazone groups is 1. The van der Waals surface area contributed by atoms with Crippen molar-refractivity contribution in [2.45, 2.75) is 13.8 Å². The van der Waals surface area contributed by atoms with Crippen LogP contribution in [0.3, 0.4) is 0 Å². The smallest absolute Gasteiger partial charge is 0.350 e. The molecule has 0 atom stereocenters. The third-order valence-corrected chi connectivity index (χ3v) is 4.00. The van der Waals surface area contributed by atoms with Gasteiger partial charge in [-0.05, 0) is 26.0 Å². The summed E-state index contributed by atoms with van der Waals surface area (Å²) >= 11 is 0.932. The molecule has 1 aromatic carbocycles. The first-order chi connectivity index (χ1) is 11.4. The Morgan fingerprint density at radius 2 is 2.12 bits per heavy atom. The van der Waals surface area contributed by atoms with E-state index >= 15 is 0 Å². The van der Waals surface area contributed by atoms with Crippen molar-refractivity contribution in [3.63, 3.8) is 0 Å². The summed E-state index contributed by atoms with van der Waals surface area (Å²) in [4.78, 5) is 27.8. The van der Waals surface area contributed by atoms with Gasteiger partial charge in [-0.1, -0.05) is 12.1 Å². The topological polar surface area (TPSA) is 107 Å². The Hall–Kier alpha value is -2.81. The van der Waals surface area contributed by atoms with E-state index in [-0.39, 0.29) is 27.9 Å². The number of esters is 1. The number of carbonyl (C=O) groups excluding carboxylic acids is 2. The highest BCUT2D eigenvalue weighted by molar-refractivity contribution is 7.16. The molecule has 0 fully saturated rings. The van der Waals surface area contributed by atoms with E-state index in [1.54, 1.807) is 19.9 Å². The average molecular weight is 350 g/mol. The van der Waals surface area contributed by atoms with Gasteiger partial charge in [0.05, 0.1) is 18.0 Å². The van der Waals surface area contributed by atoms with Gasteiger partial charge in [-0.25, -0.2) is 14.2 Å². The zero-order chi connectivity index (χ0) is 17.7. The molecule has 1 amide bonds. The Balaban J connectivity index is 2.33. The predicted octanol–water partition coefficient (Wildman–Crippen LogP) is 2.07.